The summed E-state index contributed by atoms with van der Waals surface area (Å²) in [5.41, 5.74) is 1.83. The van der Waals surface area contributed by atoms with Crippen LogP contribution < -0.4 is 9.47 Å². The Morgan fingerprint density at radius 1 is 1.17 bits per heavy atom. The van der Waals surface area contributed by atoms with Crippen molar-refractivity contribution in [1.29, 1.82) is 0 Å². The molecule has 124 valence electrons. The Morgan fingerprint density at radius 2 is 1.96 bits per heavy atom. The standard InChI is InChI=1S/C18H25N3O2/c1-5-15(12-7-8-12)21-11-14(19-16(21)6-2)13-9-10-17(22-3)20-18(13)23-4/h9-12,15H,5-8H2,1-4H3. The molecule has 5 heteroatoms. The number of methoxy groups -OCH3 is 2. The first-order chi connectivity index (χ1) is 11.2. The predicted octanol–water partition coefficient (Wildman–Crippen LogP) is 3.89. The average Bonchev–Trinajstić information content (AvgIpc) is 3.34. The Morgan fingerprint density at radius 3 is 2.52 bits per heavy atom. The normalized spacial score (nSPS) is 15.5. The van der Waals surface area contributed by atoms with Gasteiger partial charge in [0.25, 0.3) is 0 Å². The van der Waals surface area contributed by atoms with Gasteiger partial charge in [-0.05, 0) is 31.2 Å². The van der Waals surface area contributed by atoms with E-state index < -0.39 is 0 Å². The molecule has 2 aromatic rings. The van der Waals surface area contributed by atoms with Gasteiger partial charge in [-0.25, -0.2) is 4.98 Å². The summed E-state index contributed by atoms with van der Waals surface area (Å²) < 4.78 is 13.0. The van der Waals surface area contributed by atoms with Gasteiger partial charge in [0.15, 0.2) is 0 Å². The molecule has 0 bridgehead atoms. The Balaban J connectivity index is 2.02. The Bertz CT molecular complexity index is 677. The van der Waals surface area contributed by atoms with E-state index >= 15 is 0 Å². The van der Waals surface area contributed by atoms with Gasteiger partial charge in [0.05, 0.1) is 25.5 Å². The number of aryl methyl sites for hydroxylation is 1. The van der Waals surface area contributed by atoms with Crippen LogP contribution >= 0.6 is 0 Å². The molecular formula is C18H25N3O2. The lowest BCUT2D eigenvalue weighted by Gasteiger charge is -2.18. The zero-order chi connectivity index (χ0) is 16.4. The smallest absolute Gasteiger partial charge is 0.226 e. The van der Waals surface area contributed by atoms with Gasteiger partial charge in [-0.15, -0.1) is 0 Å². The van der Waals surface area contributed by atoms with Crippen molar-refractivity contribution in [3.05, 3.63) is 24.2 Å². The predicted molar refractivity (Wildman–Crippen MR) is 90.0 cm³/mol. The molecule has 0 saturated heterocycles. The quantitative estimate of drug-likeness (QED) is 0.778. The summed E-state index contributed by atoms with van der Waals surface area (Å²) in [6, 6.07) is 4.37. The highest BCUT2D eigenvalue weighted by molar-refractivity contribution is 5.65. The maximum Gasteiger partial charge on any atom is 0.226 e. The van der Waals surface area contributed by atoms with Gasteiger partial charge in [0.2, 0.25) is 11.8 Å². The number of hydrogen-bond donors (Lipinski definition) is 0. The van der Waals surface area contributed by atoms with E-state index in [4.69, 9.17) is 14.5 Å². The van der Waals surface area contributed by atoms with Crippen molar-refractivity contribution < 1.29 is 9.47 Å². The van der Waals surface area contributed by atoms with E-state index in [0.29, 0.717) is 17.8 Å². The molecule has 1 atom stereocenters. The largest absolute Gasteiger partial charge is 0.481 e. The molecule has 2 heterocycles. The first-order valence-electron chi connectivity index (χ1n) is 8.38. The lowest BCUT2D eigenvalue weighted by atomic mass is 10.1. The van der Waals surface area contributed by atoms with Crippen molar-refractivity contribution in [2.45, 2.75) is 45.6 Å². The van der Waals surface area contributed by atoms with Gasteiger partial charge in [-0.3, -0.25) is 0 Å². The van der Waals surface area contributed by atoms with Crippen molar-refractivity contribution in [2.75, 3.05) is 14.2 Å². The maximum atomic E-state index is 5.43. The minimum absolute atomic E-state index is 0.546. The molecule has 2 aromatic heterocycles. The molecule has 23 heavy (non-hydrogen) atoms. The van der Waals surface area contributed by atoms with E-state index in [0.717, 1.165) is 35.8 Å². The number of ether oxygens (including phenoxy) is 2. The highest BCUT2D eigenvalue weighted by Crippen LogP contribution is 2.43. The van der Waals surface area contributed by atoms with Crippen LogP contribution in [0.4, 0.5) is 0 Å². The van der Waals surface area contributed by atoms with Gasteiger partial charge in [-0.1, -0.05) is 13.8 Å². The monoisotopic (exact) mass is 315 g/mol. The van der Waals surface area contributed by atoms with Crippen molar-refractivity contribution in [2.24, 2.45) is 5.92 Å². The molecule has 0 aromatic carbocycles. The molecule has 1 saturated carbocycles. The summed E-state index contributed by atoms with van der Waals surface area (Å²) in [5, 5.41) is 0. The first kappa shape index (κ1) is 15.8. The zero-order valence-corrected chi connectivity index (χ0v) is 14.4. The van der Waals surface area contributed by atoms with Crippen LogP contribution in [0.15, 0.2) is 18.3 Å². The van der Waals surface area contributed by atoms with Crippen LogP contribution in [0.2, 0.25) is 0 Å². The number of imidazole rings is 1. The summed E-state index contributed by atoms with van der Waals surface area (Å²) in [6.07, 6.45) is 6.91. The molecule has 3 rings (SSSR count). The second-order valence-electron chi connectivity index (χ2n) is 6.03. The Kier molecular flexibility index (Phi) is 4.55. The van der Waals surface area contributed by atoms with Crippen molar-refractivity contribution >= 4 is 0 Å². The van der Waals surface area contributed by atoms with Crippen molar-refractivity contribution in [1.82, 2.24) is 14.5 Å². The average molecular weight is 315 g/mol. The van der Waals surface area contributed by atoms with E-state index in [-0.39, 0.29) is 0 Å². The van der Waals surface area contributed by atoms with Crippen LogP contribution in [0.5, 0.6) is 11.8 Å². The van der Waals surface area contributed by atoms with E-state index in [1.165, 1.54) is 12.8 Å². The lowest BCUT2D eigenvalue weighted by Crippen LogP contribution is -2.12. The summed E-state index contributed by atoms with van der Waals surface area (Å²) in [6.45, 7) is 4.42. The molecule has 1 aliphatic rings. The third-order valence-electron chi connectivity index (χ3n) is 4.58. The SMILES string of the molecule is CCc1nc(-c2ccc(OC)nc2OC)cn1C(CC)C1CC1. The van der Waals surface area contributed by atoms with Gasteiger partial charge in [-0.2, -0.15) is 4.98 Å². The highest BCUT2D eigenvalue weighted by Gasteiger charge is 2.32. The van der Waals surface area contributed by atoms with E-state index in [1.54, 1.807) is 14.2 Å². The van der Waals surface area contributed by atoms with Gasteiger partial charge >= 0.3 is 0 Å². The molecule has 1 unspecified atom stereocenters. The number of hydrogen-bond acceptors (Lipinski definition) is 4. The third-order valence-corrected chi connectivity index (χ3v) is 4.58. The van der Waals surface area contributed by atoms with Crippen LogP contribution in [0.1, 0.15) is 45.0 Å². The molecule has 0 spiro atoms. The van der Waals surface area contributed by atoms with E-state index in [2.05, 4.69) is 29.6 Å². The summed E-state index contributed by atoms with van der Waals surface area (Å²) in [5.74, 6) is 3.04. The molecule has 1 fully saturated rings. The highest BCUT2D eigenvalue weighted by atomic mass is 16.5. The molecular weight excluding hydrogens is 290 g/mol. The molecule has 5 nitrogen and oxygen atoms in total. The minimum Gasteiger partial charge on any atom is -0.481 e. The maximum absolute atomic E-state index is 5.43. The van der Waals surface area contributed by atoms with Crippen LogP contribution in [-0.2, 0) is 6.42 Å². The molecule has 0 radical (unpaired) electrons. The number of aromatic nitrogens is 3. The second-order valence-corrected chi connectivity index (χ2v) is 6.03. The topological polar surface area (TPSA) is 49.2 Å². The van der Waals surface area contributed by atoms with Crippen LogP contribution in [-0.4, -0.2) is 28.8 Å². The van der Waals surface area contributed by atoms with Crippen molar-refractivity contribution in [3.8, 4) is 23.0 Å². The lowest BCUT2D eigenvalue weighted by molar-refractivity contribution is 0.366. The Hall–Kier alpha value is -2.04. The van der Waals surface area contributed by atoms with Gasteiger partial charge in [0.1, 0.15) is 5.82 Å². The van der Waals surface area contributed by atoms with Gasteiger partial charge in [0, 0.05) is 24.7 Å². The van der Waals surface area contributed by atoms with Crippen molar-refractivity contribution in [3.63, 3.8) is 0 Å². The second kappa shape index (κ2) is 6.60. The molecule has 0 amide bonds. The van der Waals surface area contributed by atoms with Gasteiger partial charge < -0.3 is 14.0 Å². The fourth-order valence-electron chi connectivity index (χ4n) is 3.24. The number of nitrogens with zero attached hydrogens (tertiary/aromatic N) is 3. The van der Waals surface area contributed by atoms with Crippen LogP contribution in [0.3, 0.4) is 0 Å². The first-order valence-corrected chi connectivity index (χ1v) is 8.38. The Labute approximate surface area is 137 Å². The molecule has 1 aliphatic carbocycles. The molecule has 0 aliphatic heterocycles. The van der Waals surface area contributed by atoms with E-state index in [1.807, 2.05) is 12.1 Å². The van der Waals surface area contributed by atoms with Crippen LogP contribution in [0, 0.1) is 5.92 Å². The molecule has 0 N–H and O–H groups in total. The number of rotatable bonds is 7. The zero-order valence-electron chi connectivity index (χ0n) is 14.4. The fourth-order valence-corrected chi connectivity index (χ4v) is 3.24. The third kappa shape index (κ3) is 3.05. The fraction of sp³-hybridized carbons (Fsp3) is 0.556. The summed E-state index contributed by atoms with van der Waals surface area (Å²) in [4.78, 5) is 9.21. The van der Waals surface area contributed by atoms with E-state index in [9.17, 15) is 0 Å². The van der Waals surface area contributed by atoms with Crippen LogP contribution in [0.25, 0.3) is 11.3 Å². The summed E-state index contributed by atoms with van der Waals surface area (Å²) >= 11 is 0. The number of pyridine rings is 1. The summed E-state index contributed by atoms with van der Waals surface area (Å²) in [7, 11) is 3.23. The minimum atomic E-state index is 0.546.